The highest BCUT2D eigenvalue weighted by molar-refractivity contribution is 6.31. The van der Waals surface area contributed by atoms with Gasteiger partial charge < -0.3 is 9.80 Å². The van der Waals surface area contributed by atoms with E-state index in [1.807, 2.05) is 24.3 Å². The molecular formula is C19H20Cl2N2. The molecular weight excluding hydrogens is 327 g/mol. The minimum atomic E-state index is 0.750. The molecule has 0 unspecified atom stereocenters. The maximum absolute atomic E-state index is 6.25. The Labute approximate surface area is 147 Å². The number of halogens is 2. The average molecular weight is 347 g/mol. The number of benzene rings is 2. The quantitative estimate of drug-likeness (QED) is 0.714. The summed E-state index contributed by atoms with van der Waals surface area (Å²) in [5.41, 5.74) is 4.61. The minimum absolute atomic E-state index is 0.750. The third-order valence-corrected chi connectivity index (χ3v) is 4.47. The summed E-state index contributed by atoms with van der Waals surface area (Å²) < 4.78 is 0. The molecule has 2 nitrogen and oxygen atoms in total. The maximum atomic E-state index is 6.25. The van der Waals surface area contributed by atoms with Crippen LogP contribution in [0.3, 0.4) is 0 Å². The molecule has 0 aromatic heterocycles. The molecule has 23 heavy (non-hydrogen) atoms. The molecule has 1 aliphatic rings. The van der Waals surface area contributed by atoms with Crippen molar-refractivity contribution in [1.29, 1.82) is 0 Å². The number of nitrogens with zero attached hydrogens (tertiary/aromatic N) is 2. The molecule has 2 aromatic rings. The molecule has 0 spiro atoms. The summed E-state index contributed by atoms with van der Waals surface area (Å²) in [6.45, 7) is 1.95. The van der Waals surface area contributed by atoms with Crippen LogP contribution in [0.2, 0.25) is 10.0 Å². The van der Waals surface area contributed by atoms with E-state index < -0.39 is 0 Å². The Morgan fingerprint density at radius 1 is 0.870 bits per heavy atom. The van der Waals surface area contributed by atoms with Crippen LogP contribution >= 0.6 is 23.2 Å². The summed E-state index contributed by atoms with van der Waals surface area (Å²) in [5, 5.41) is 1.50. The first-order chi connectivity index (χ1) is 11.0. The van der Waals surface area contributed by atoms with Gasteiger partial charge in [0.05, 0.1) is 0 Å². The first-order valence-electron chi connectivity index (χ1n) is 7.74. The van der Waals surface area contributed by atoms with Crippen molar-refractivity contribution in [1.82, 2.24) is 4.90 Å². The Kier molecular flexibility index (Phi) is 4.96. The Balaban J connectivity index is 2.05. The van der Waals surface area contributed by atoms with Gasteiger partial charge in [0.2, 0.25) is 0 Å². The molecule has 0 N–H and O–H groups in total. The van der Waals surface area contributed by atoms with Crippen LogP contribution < -0.4 is 4.90 Å². The summed E-state index contributed by atoms with van der Waals surface area (Å²) in [7, 11) is 4.19. The van der Waals surface area contributed by atoms with Crippen LogP contribution in [-0.4, -0.2) is 32.1 Å². The topological polar surface area (TPSA) is 6.48 Å². The van der Waals surface area contributed by atoms with Crippen molar-refractivity contribution in [2.24, 2.45) is 0 Å². The van der Waals surface area contributed by atoms with E-state index in [-0.39, 0.29) is 0 Å². The van der Waals surface area contributed by atoms with E-state index in [0.29, 0.717) is 0 Å². The molecule has 0 aliphatic carbocycles. The Bertz CT molecular complexity index is 683. The van der Waals surface area contributed by atoms with Crippen LogP contribution in [0.15, 0.2) is 36.4 Å². The van der Waals surface area contributed by atoms with E-state index in [9.17, 15) is 0 Å². The molecule has 120 valence electrons. The standard InChI is InChI=1S/C19H20Cl2N2/c1-22(2)10-3-11-23-18-12-16(20)8-6-14(18)4-5-15-7-9-17(21)13-19(15)23/h4-9,12-13H,3,10-11H2,1-2H3. The second kappa shape index (κ2) is 6.96. The zero-order chi connectivity index (χ0) is 16.4. The average Bonchev–Trinajstić information content (AvgIpc) is 2.64. The predicted molar refractivity (Wildman–Crippen MR) is 102 cm³/mol. The van der Waals surface area contributed by atoms with Gasteiger partial charge in [-0.2, -0.15) is 0 Å². The fourth-order valence-corrected chi connectivity index (χ4v) is 3.21. The van der Waals surface area contributed by atoms with Crippen LogP contribution in [-0.2, 0) is 0 Å². The summed E-state index contributed by atoms with van der Waals surface area (Å²) in [5.74, 6) is 0. The largest absolute Gasteiger partial charge is 0.340 e. The first kappa shape index (κ1) is 16.4. The van der Waals surface area contributed by atoms with Gasteiger partial charge in [0.15, 0.2) is 0 Å². The zero-order valence-electron chi connectivity index (χ0n) is 13.4. The van der Waals surface area contributed by atoms with Crippen LogP contribution in [0.25, 0.3) is 12.2 Å². The van der Waals surface area contributed by atoms with Gasteiger partial charge in [-0.1, -0.05) is 47.5 Å². The Morgan fingerprint density at radius 3 is 1.87 bits per heavy atom. The fraction of sp³-hybridized carbons (Fsp3) is 0.263. The van der Waals surface area contributed by atoms with E-state index >= 15 is 0 Å². The molecule has 0 saturated carbocycles. The van der Waals surface area contributed by atoms with Crippen molar-refractivity contribution in [3.05, 3.63) is 57.6 Å². The lowest BCUT2D eigenvalue weighted by molar-refractivity contribution is 0.402. The van der Waals surface area contributed by atoms with Crippen LogP contribution in [0, 0.1) is 0 Å². The SMILES string of the molecule is CN(C)CCCN1c2cc(Cl)ccc2C=Cc2ccc(Cl)cc21. The number of fused-ring (bicyclic) bond motifs is 2. The number of anilines is 2. The third kappa shape index (κ3) is 3.72. The van der Waals surface area contributed by atoms with Gasteiger partial charge >= 0.3 is 0 Å². The van der Waals surface area contributed by atoms with Crippen LogP contribution in [0.5, 0.6) is 0 Å². The molecule has 4 heteroatoms. The Morgan fingerprint density at radius 2 is 1.39 bits per heavy atom. The molecule has 0 atom stereocenters. The van der Waals surface area contributed by atoms with Gasteiger partial charge in [-0.05, 0) is 62.5 Å². The van der Waals surface area contributed by atoms with E-state index in [2.05, 4.69) is 48.2 Å². The van der Waals surface area contributed by atoms with Gasteiger partial charge in [-0.15, -0.1) is 0 Å². The maximum Gasteiger partial charge on any atom is 0.0499 e. The lowest BCUT2D eigenvalue weighted by Gasteiger charge is -2.28. The highest BCUT2D eigenvalue weighted by Gasteiger charge is 2.18. The molecule has 0 amide bonds. The molecule has 0 saturated heterocycles. The first-order valence-corrected chi connectivity index (χ1v) is 8.49. The van der Waals surface area contributed by atoms with Gasteiger partial charge in [0.25, 0.3) is 0 Å². The highest BCUT2D eigenvalue weighted by atomic mass is 35.5. The van der Waals surface area contributed by atoms with Crippen molar-refractivity contribution in [2.45, 2.75) is 6.42 Å². The molecule has 2 aromatic carbocycles. The van der Waals surface area contributed by atoms with Gasteiger partial charge in [-0.25, -0.2) is 0 Å². The van der Waals surface area contributed by atoms with Gasteiger partial charge in [0.1, 0.15) is 0 Å². The third-order valence-electron chi connectivity index (χ3n) is 4.00. The van der Waals surface area contributed by atoms with Crippen LogP contribution in [0.4, 0.5) is 11.4 Å². The van der Waals surface area contributed by atoms with Crippen molar-refractivity contribution < 1.29 is 0 Å². The minimum Gasteiger partial charge on any atom is -0.340 e. The monoisotopic (exact) mass is 346 g/mol. The predicted octanol–water partition coefficient (Wildman–Crippen LogP) is 5.57. The molecule has 1 aliphatic heterocycles. The smallest absolute Gasteiger partial charge is 0.0499 e. The van der Waals surface area contributed by atoms with E-state index in [4.69, 9.17) is 23.2 Å². The lowest BCUT2D eigenvalue weighted by atomic mass is 10.1. The molecule has 0 fully saturated rings. The summed E-state index contributed by atoms with van der Waals surface area (Å²) in [6.07, 6.45) is 5.35. The number of rotatable bonds is 4. The second-order valence-corrected chi connectivity index (χ2v) is 6.92. The van der Waals surface area contributed by atoms with Gasteiger partial charge in [0, 0.05) is 28.0 Å². The van der Waals surface area contributed by atoms with E-state index in [0.717, 1.165) is 40.9 Å². The summed E-state index contributed by atoms with van der Waals surface area (Å²) >= 11 is 12.5. The molecule has 0 radical (unpaired) electrons. The van der Waals surface area contributed by atoms with Crippen molar-refractivity contribution >= 4 is 46.7 Å². The fourth-order valence-electron chi connectivity index (χ4n) is 2.88. The highest BCUT2D eigenvalue weighted by Crippen LogP contribution is 2.38. The van der Waals surface area contributed by atoms with E-state index in [1.165, 1.54) is 11.1 Å². The summed E-state index contributed by atoms with van der Waals surface area (Å²) in [6, 6.07) is 12.1. The van der Waals surface area contributed by atoms with Crippen molar-refractivity contribution in [2.75, 3.05) is 32.1 Å². The van der Waals surface area contributed by atoms with Crippen molar-refractivity contribution in [3.63, 3.8) is 0 Å². The van der Waals surface area contributed by atoms with Gasteiger partial charge in [-0.3, -0.25) is 0 Å². The summed E-state index contributed by atoms with van der Waals surface area (Å²) in [4.78, 5) is 4.53. The van der Waals surface area contributed by atoms with Crippen molar-refractivity contribution in [3.8, 4) is 0 Å². The second-order valence-electron chi connectivity index (χ2n) is 6.05. The Hall–Kier alpha value is -1.48. The normalized spacial score (nSPS) is 13.0. The van der Waals surface area contributed by atoms with E-state index in [1.54, 1.807) is 0 Å². The van der Waals surface area contributed by atoms with Crippen LogP contribution in [0.1, 0.15) is 17.5 Å². The zero-order valence-corrected chi connectivity index (χ0v) is 14.9. The number of hydrogen-bond donors (Lipinski definition) is 0. The molecule has 3 rings (SSSR count). The lowest BCUT2D eigenvalue weighted by Crippen LogP contribution is -2.24. The number of hydrogen-bond acceptors (Lipinski definition) is 2. The molecule has 1 heterocycles. The molecule has 0 bridgehead atoms.